The summed E-state index contributed by atoms with van der Waals surface area (Å²) in [6.07, 6.45) is 2.94. The molecular formula is C16H25FN2O. The number of rotatable bonds is 5. The van der Waals surface area contributed by atoms with Gasteiger partial charge in [0.1, 0.15) is 5.82 Å². The zero-order valence-corrected chi connectivity index (χ0v) is 12.9. The van der Waals surface area contributed by atoms with Crippen molar-refractivity contribution < 1.29 is 9.50 Å². The van der Waals surface area contributed by atoms with Crippen molar-refractivity contribution in [1.82, 2.24) is 4.90 Å². The lowest BCUT2D eigenvalue weighted by Crippen LogP contribution is -2.56. The van der Waals surface area contributed by atoms with Crippen LogP contribution in [0, 0.1) is 5.82 Å². The minimum absolute atomic E-state index is 0.171. The summed E-state index contributed by atoms with van der Waals surface area (Å²) in [5.41, 5.74) is 1.39. The van der Waals surface area contributed by atoms with Crippen LogP contribution >= 0.6 is 0 Å². The average Bonchev–Trinajstić information content (AvgIpc) is 2.32. The topological polar surface area (TPSA) is 26.7 Å². The highest BCUT2D eigenvalue weighted by Crippen LogP contribution is 2.37. The Morgan fingerprint density at radius 3 is 2.35 bits per heavy atom. The second-order valence-electron chi connectivity index (χ2n) is 6.22. The van der Waals surface area contributed by atoms with E-state index in [1.165, 1.54) is 12.5 Å². The van der Waals surface area contributed by atoms with Gasteiger partial charge >= 0.3 is 0 Å². The van der Waals surface area contributed by atoms with E-state index in [0.717, 1.165) is 19.4 Å². The molecule has 1 aliphatic carbocycles. The van der Waals surface area contributed by atoms with Crippen LogP contribution < -0.4 is 4.90 Å². The van der Waals surface area contributed by atoms with Crippen LogP contribution in [0.15, 0.2) is 18.2 Å². The Morgan fingerprint density at radius 1 is 1.30 bits per heavy atom. The summed E-state index contributed by atoms with van der Waals surface area (Å²) < 4.78 is 14.2. The van der Waals surface area contributed by atoms with Gasteiger partial charge in [-0.25, -0.2) is 4.39 Å². The Hall–Kier alpha value is -1.13. The second-order valence-corrected chi connectivity index (χ2v) is 6.22. The Balaban J connectivity index is 2.15. The molecule has 1 aromatic rings. The molecule has 0 amide bonds. The van der Waals surface area contributed by atoms with Crippen molar-refractivity contribution in [2.45, 2.75) is 37.8 Å². The number of aliphatic hydroxyl groups is 1. The van der Waals surface area contributed by atoms with E-state index in [9.17, 15) is 9.50 Å². The van der Waals surface area contributed by atoms with Crippen LogP contribution in [-0.4, -0.2) is 43.2 Å². The normalized spacial score (nSPS) is 18.8. The first-order valence-electron chi connectivity index (χ1n) is 7.22. The lowest BCUT2D eigenvalue weighted by Gasteiger charge is -2.49. The van der Waals surface area contributed by atoms with Crippen LogP contribution in [0.25, 0.3) is 0 Å². The predicted octanol–water partition coefficient (Wildman–Crippen LogP) is 2.80. The highest BCUT2D eigenvalue weighted by atomic mass is 19.1. The molecule has 0 heterocycles. The van der Waals surface area contributed by atoms with E-state index in [4.69, 9.17) is 0 Å². The van der Waals surface area contributed by atoms with Crippen molar-refractivity contribution in [3.63, 3.8) is 0 Å². The van der Waals surface area contributed by atoms with E-state index in [1.807, 2.05) is 11.9 Å². The van der Waals surface area contributed by atoms with Gasteiger partial charge in [-0.15, -0.1) is 0 Å². The number of benzene rings is 1. The van der Waals surface area contributed by atoms with Crippen molar-refractivity contribution in [2.75, 3.05) is 32.6 Å². The van der Waals surface area contributed by atoms with Gasteiger partial charge in [0.2, 0.25) is 0 Å². The number of likely N-dealkylation sites (N-methyl/N-ethyl adjacent to an activating group) is 2. The van der Waals surface area contributed by atoms with Crippen LogP contribution in [0.1, 0.15) is 37.9 Å². The molecule has 112 valence electrons. The first kappa shape index (κ1) is 15.3. The molecule has 0 aliphatic heterocycles. The largest absolute Gasteiger partial charge is 0.389 e. The van der Waals surface area contributed by atoms with Crippen LogP contribution in [0.5, 0.6) is 0 Å². The van der Waals surface area contributed by atoms with Gasteiger partial charge in [0.25, 0.3) is 0 Å². The third-order valence-corrected chi connectivity index (χ3v) is 4.63. The summed E-state index contributed by atoms with van der Waals surface area (Å²) in [6, 6.07) is 4.99. The fourth-order valence-corrected chi connectivity index (χ4v) is 2.95. The zero-order valence-electron chi connectivity index (χ0n) is 12.9. The third-order valence-electron chi connectivity index (χ3n) is 4.63. The van der Waals surface area contributed by atoms with Crippen molar-refractivity contribution in [2.24, 2.45) is 0 Å². The molecule has 0 bridgehead atoms. The predicted molar refractivity (Wildman–Crippen MR) is 80.6 cm³/mol. The van der Waals surface area contributed by atoms with Gasteiger partial charge in [0, 0.05) is 19.1 Å². The fourth-order valence-electron chi connectivity index (χ4n) is 2.95. The monoisotopic (exact) mass is 280 g/mol. The van der Waals surface area contributed by atoms with Gasteiger partial charge < -0.3 is 14.9 Å². The molecule has 1 aromatic carbocycles. The van der Waals surface area contributed by atoms with Crippen LogP contribution in [-0.2, 0) is 0 Å². The lowest BCUT2D eigenvalue weighted by molar-refractivity contribution is 0.0682. The van der Waals surface area contributed by atoms with E-state index >= 15 is 0 Å². The number of halogens is 1. The Bertz CT molecular complexity index is 470. The molecule has 1 saturated carbocycles. The van der Waals surface area contributed by atoms with E-state index in [1.54, 1.807) is 19.1 Å². The zero-order chi connectivity index (χ0) is 14.9. The minimum atomic E-state index is -0.636. The molecule has 1 N–H and O–H groups in total. The van der Waals surface area contributed by atoms with Crippen molar-refractivity contribution >= 4 is 5.69 Å². The van der Waals surface area contributed by atoms with Crippen LogP contribution in [0.4, 0.5) is 10.1 Å². The molecule has 1 aliphatic rings. The Labute approximate surface area is 121 Å². The molecule has 20 heavy (non-hydrogen) atoms. The summed E-state index contributed by atoms with van der Waals surface area (Å²) in [7, 11) is 6.13. The minimum Gasteiger partial charge on any atom is -0.389 e. The second kappa shape index (κ2) is 5.70. The van der Waals surface area contributed by atoms with Crippen LogP contribution in [0.2, 0.25) is 0 Å². The van der Waals surface area contributed by atoms with Gasteiger partial charge in [-0.05, 0) is 58.0 Å². The third kappa shape index (κ3) is 2.81. The summed E-state index contributed by atoms with van der Waals surface area (Å²) in [5, 5.41) is 9.50. The Kier molecular flexibility index (Phi) is 4.35. The molecular weight excluding hydrogens is 255 g/mol. The first-order chi connectivity index (χ1) is 9.35. The summed E-state index contributed by atoms with van der Waals surface area (Å²) in [6.45, 7) is 2.47. The van der Waals surface area contributed by atoms with E-state index in [-0.39, 0.29) is 11.4 Å². The molecule has 1 atom stereocenters. The number of anilines is 1. The van der Waals surface area contributed by atoms with E-state index < -0.39 is 6.10 Å². The highest BCUT2D eigenvalue weighted by molar-refractivity contribution is 5.49. The van der Waals surface area contributed by atoms with Gasteiger partial charge in [0.15, 0.2) is 0 Å². The Morgan fingerprint density at radius 2 is 1.95 bits per heavy atom. The number of nitrogens with zero attached hydrogens (tertiary/aromatic N) is 2. The molecule has 0 spiro atoms. The van der Waals surface area contributed by atoms with Gasteiger partial charge in [-0.1, -0.05) is 6.07 Å². The molecule has 2 rings (SSSR count). The summed E-state index contributed by atoms with van der Waals surface area (Å²) in [5.74, 6) is -0.265. The molecule has 3 nitrogen and oxygen atoms in total. The summed E-state index contributed by atoms with van der Waals surface area (Å²) in [4.78, 5) is 4.25. The van der Waals surface area contributed by atoms with Gasteiger partial charge in [0.05, 0.1) is 11.8 Å². The van der Waals surface area contributed by atoms with Gasteiger partial charge in [-0.3, -0.25) is 0 Å². The number of hydrogen-bond donors (Lipinski definition) is 1. The van der Waals surface area contributed by atoms with Crippen molar-refractivity contribution in [1.29, 1.82) is 0 Å². The molecule has 4 heteroatoms. The maximum Gasteiger partial charge on any atom is 0.146 e. The standard InChI is InChI=1S/C16H25FN2O/c1-12(20)13-6-7-15(14(17)10-13)19(4)11-16(18(2)3)8-5-9-16/h6-7,10,12,20H,5,8-9,11H2,1-4H3/t12-/m1/s1. The van der Waals surface area contributed by atoms with Crippen LogP contribution in [0.3, 0.4) is 0 Å². The molecule has 0 unspecified atom stereocenters. The number of aliphatic hydroxyl groups excluding tert-OH is 1. The maximum atomic E-state index is 14.2. The highest BCUT2D eigenvalue weighted by Gasteiger charge is 2.40. The molecule has 0 aromatic heterocycles. The van der Waals surface area contributed by atoms with Crippen molar-refractivity contribution in [3.8, 4) is 0 Å². The maximum absolute atomic E-state index is 14.2. The molecule has 1 fully saturated rings. The van der Waals surface area contributed by atoms with Crippen molar-refractivity contribution in [3.05, 3.63) is 29.6 Å². The smallest absolute Gasteiger partial charge is 0.146 e. The fraction of sp³-hybridized carbons (Fsp3) is 0.625. The SMILES string of the molecule is C[C@@H](O)c1ccc(N(C)CC2(N(C)C)CCC2)c(F)c1. The van der Waals surface area contributed by atoms with E-state index in [2.05, 4.69) is 19.0 Å². The van der Waals surface area contributed by atoms with Gasteiger partial charge in [-0.2, -0.15) is 0 Å². The molecule has 0 saturated heterocycles. The number of hydrogen-bond acceptors (Lipinski definition) is 3. The average molecular weight is 280 g/mol. The first-order valence-corrected chi connectivity index (χ1v) is 7.22. The quantitative estimate of drug-likeness (QED) is 0.898. The van der Waals surface area contributed by atoms with E-state index in [0.29, 0.717) is 11.3 Å². The molecule has 0 radical (unpaired) electrons. The summed E-state index contributed by atoms with van der Waals surface area (Å²) >= 11 is 0. The lowest BCUT2D eigenvalue weighted by atomic mass is 9.75.